The molecule has 0 saturated carbocycles. The van der Waals surface area contributed by atoms with E-state index in [1.54, 1.807) is 26.0 Å². The van der Waals surface area contributed by atoms with Crippen LogP contribution in [0.25, 0.3) is 11.1 Å². The van der Waals surface area contributed by atoms with E-state index in [-0.39, 0.29) is 30.8 Å². The van der Waals surface area contributed by atoms with Gasteiger partial charge in [0, 0.05) is 57.2 Å². The number of anilines is 1. The third-order valence-corrected chi connectivity index (χ3v) is 9.62. The second kappa shape index (κ2) is 16.5. The molecule has 6 rings (SSSR count). The zero-order valence-electron chi connectivity index (χ0n) is 29.1. The minimum absolute atomic E-state index is 0.0777. The Morgan fingerprint density at radius 1 is 0.745 bits per heavy atom. The molecule has 2 aliphatic rings. The molecule has 4 aromatic rings. The number of fused-ring (bicyclic) bond motifs is 3. The number of carbonyl (C=O) groups excluding carboxylic acids is 4. The maximum Gasteiger partial charge on any atom is 0.407 e. The number of alkyl carbamates (subject to hydrolysis) is 1. The fraction of sp³-hybridized carbons (Fsp3) is 0.317. The zero-order valence-corrected chi connectivity index (χ0v) is 29.1. The molecule has 1 heterocycles. The van der Waals surface area contributed by atoms with Crippen LogP contribution in [0.1, 0.15) is 48.4 Å². The summed E-state index contributed by atoms with van der Waals surface area (Å²) in [5.41, 5.74) is 7.13. The molecular weight excluding hydrogens is 642 g/mol. The molecule has 0 spiro atoms. The highest BCUT2D eigenvalue weighted by Gasteiger charge is 2.30. The lowest BCUT2D eigenvalue weighted by Gasteiger charge is -2.36. The predicted octanol–water partition coefficient (Wildman–Crippen LogP) is 5.33. The molecule has 2 atom stereocenters. The number of nitrogens with zero attached hydrogens (tertiary/aromatic N) is 2. The van der Waals surface area contributed by atoms with Crippen LogP contribution in [0, 0.1) is 0 Å². The Labute approximate surface area is 299 Å². The van der Waals surface area contributed by atoms with Crippen molar-refractivity contribution in [2.24, 2.45) is 0 Å². The first-order chi connectivity index (χ1) is 24.8. The van der Waals surface area contributed by atoms with Crippen LogP contribution in [0.15, 0.2) is 103 Å². The van der Waals surface area contributed by atoms with E-state index in [0.717, 1.165) is 47.5 Å². The standard InChI is InChI=1S/C41H45N5O5/c1-3-38(47)44-37(40(49)46-23-21-45(22-24-46)26-30-11-5-4-6-12-30)25-29-17-19-31(20-18-29)43-39(48)28(2)42-41(50)51-27-36-34-15-9-7-13-32(34)33-14-8-10-16-35(33)36/h4-20,28,36-37H,3,21-27H2,1-2H3,(H,42,50)(H,43,48)(H,44,47). The Morgan fingerprint density at radius 3 is 1.98 bits per heavy atom. The van der Waals surface area contributed by atoms with E-state index in [2.05, 4.69) is 57.2 Å². The summed E-state index contributed by atoms with van der Waals surface area (Å²) >= 11 is 0. The first kappa shape index (κ1) is 35.3. The number of hydrogen-bond donors (Lipinski definition) is 3. The average Bonchev–Trinajstić information content (AvgIpc) is 3.48. The molecule has 10 nitrogen and oxygen atoms in total. The van der Waals surface area contributed by atoms with Gasteiger partial charge in [-0.05, 0) is 52.4 Å². The SMILES string of the molecule is CCC(=O)NC(Cc1ccc(NC(=O)C(C)NC(=O)OCC2c3ccccc3-c3ccccc32)cc1)C(=O)N1CCN(Cc2ccccc2)CC1. The minimum Gasteiger partial charge on any atom is -0.449 e. The second-order valence-electron chi connectivity index (χ2n) is 13.1. The van der Waals surface area contributed by atoms with E-state index in [1.807, 2.05) is 59.5 Å². The Morgan fingerprint density at radius 2 is 1.35 bits per heavy atom. The number of rotatable bonds is 12. The fourth-order valence-electron chi connectivity index (χ4n) is 6.78. The van der Waals surface area contributed by atoms with E-state index < -0.39 is 24.1 Å². The van der Waals surface area contributed by atoms with Gasteiger partial charge < -0.3 is 25.6 Å². The van der Waals surface area contributed by atoms with Gasteiger partial charge in [0.2, 0.25) is 17.7 Å². The van der Waals surface area contributed by atoms with Crippen LogP contribution in [0.2, 0.25) is 0 Å². The van der Waals surface area contributed by atoms with E-state index >= 15 is 0 Å². The molecule has 1 fully saturated rings. The van der Waals surface area contributed by atoms with Crippen LogP contribution in [0.3, 0.4) is 0 Å². The zero-order chi connectivity index (χ0) is 35.7. The summed E-state index contributed by atoms with van der Waals surface area (Å²) in [7, 11) is 0. The van der Waals surface area contributed by atoms with Crippen LogP contribution in [0.5, 0.6) is 0 Å². The van der Waals surface area contributed by atoms with Gasteiger partial charge in [-0.3, -0.25) is 19.3 Å². The van der Waals surface area contributed by atoms with Crippen molar-refractivity contribution in [1.82, 2.24) is 20.4 Å². The van der Waals surface area contributed by atoms with Crippen molar-refractivity contribution in [2.75, 3.05) is 38.1 Å². The maximum absolute atomic E-state index is 13.6. The van der Waals surface area contributed by atoms with E-state index in [4.69, 9.17) is 4.74 Å². The van der Waals surface area contributed by atoms with Crippen LogP contribution in [-0.4, -0.2) is 78.5 Å². The normalized spacial score (nSPS) is 15.2. The number of ether oxygens (including phenoxy) is 1. The van der Waals surface area contributed by atoms with Gasteiger partial charge in [-0.25, -0.2) is 4.79 Å². The molecule has 0 aromatic heterocycles. The molecule has 1 aliphatic heterocycles. The van der Waals surface area contributed by atoms with Crippen molar-refractivity contribution in [1.29, 1.82) is 0 Å². The lowest BCUT2D eigenvalue weighted by molar-refractivity contribution is -0.138. The Bertz CT molecular complexity index is 1790. The number of benzene rings is 4. The molecule has 4 amide bonds. The largest absolute Gasteiger partial charge is 0.449 e. The quantitative estimate of drug-likeness (QED) is 0.185. The molecule has 10 heteroatoms. The van der Waals surface area contributed by atoms with Crippen molar-refractivity contribution in [3.63, 3.8) is 0 Å². The predicted molar refractivity (Wildman–Crippen MR) is 197 cm³/mol. The third-order valence-electron chi connectivity index (χ3n) is 9.62. The van der Waals surface area contributed by atoms with Crippen molar-refractivity contribution in [2.45, 2.75) is 51.2 Å². The minimum atomic E-state index is -0.847. The number of amides is 4. The van der Waals surface area contributed by atoms with Gasteiger partial charge in [0.25, 0.3) is 0 Å². The summed E-state index contributed by atoms with van der Waals surface area (Å²) in [4.78, 5) is 55.9. The lowest BCUT2D eigenvalue weighted by Crippen LogP contribution is -2.55. The van der Waals surface area contributed by atoms with Gasteiger partial charge in [0.15, 0.2) is 0 Å². The number of carbonyl (C=O) groups is 4. The molecule has 2 unspecified atom stereocenters. The molecule has 0 bridgehead atoms. The van der Waals surface area contributed by atoms with Crippen LogP contribution >= 0.6 is 0 Å². The van der Waals surface area contributed by atoms with E-state index in [9.17, 15) is 19.2 Å². The summed E-state index contributed by atoms with van der Waals surface area (Å²) in [6.07, 6.45) is -0.0673. The molecule has 4 aromatic carbocycles. The van der Waals surface area contributed by atoms with Crippen LogP contribution < -0.4 is 16.0 Å². The first-order valence-corrected chi connectivity index (χ1v) is 17.6. The Hall–Kier alpha value is -5.48. The van der Waals surface area contributed by atoms with Gasteiger partial charge in [-0.2, -0.15) is 0 Å². The summed E-state index contributed by atoms with van der Waals surface area (Å²) < 4.78 is 5.60. The Kier molecular flexibility index (Phi) is 11.4. The lowest BCUT2D eigenvalue weighted by atomic mass is 9.98. The molecule has 264 valence electrons. The van der Waals surface area contributed by atoms with Gasteiger partial charge in [-0.15, -0.1) is 0 Å². The molecule has 1 aliphatic carbocycles. The summed E-state index contributed by atoms with van der Waals surface area (Å²) in [6.45, 7) is 7.07. The first-order valence-electron chi connectivity index (χ1n) is 17.6. The van der Waals surface area contributed by atoms with Crippen molar-refractivity contribution in [3.05, 3.63) is 125 Å². The summed E-state index contributed by atoms with van der Waals surface area (Å²) in [5.74, 6) is -0.753. The topological polar surface area (TPSA) is 120 Å². The monoisotopic (exact) mass is 687 g/mol. The smallest absolute Gasteiger partial charge is 0.407 e. The highest BCUT2D eigenvalue weighted by atomic mass is 16.5. The second-order valence-corrected chi connectivity index (χ2v) is 13.1. The average molecular weight is 688 g/mol. The molecule has 51 heavy (non-hydrogen) atoms. The van der Waals surface area contributed by atoms with Crippen molar-refractivity contribution in [3.8, 4) is 11.1 Å². The number of piperazine rings is 1. The van der Waals surface area contributed by atoms with E-state index in [0.29, 0.717) is 25.2 Å². The van der Waals surface area contributed by atoms with E-state index in [1.165, 1.54) is 5.56 Å². The highest BCUT2D eigenvalue weighted by Crippen LogP contribution is 2.44. The van der Waals surface area contributed by atoms with Gasteiger partial charge >= 0.3 is 6.09 Å². The molecule has 1 saturated heterocycles. The van der Waals surface area contributed by atoms with Crippen molar-refractivity contribution >= 4 is 29.5 Å². The fourth-order valence-corrected chi connectivity index (χ4v) is 6.78. The Balaban J connectivity index is 0.985. The maximum atomic E-state index is 13.6. The number of nitrogens with one attached hydrogen (secondary N) is 3. The number of hydrogen-bond acceptors (Lipinski definition) is 6. The highest BCUT2D eigenvalue weighted by molar-refractivity contribution is 5.96. The van der Waals surface area contributed by atoms with Gasteiger partial charge in [-0.1, -0.05) is 97.9 Å². The molecule has 3 N–H and O–H groups in total. The summed E-state index contributed by atoms with van der Waals surface area (Å²) in [5, 5.41) is 8.38. The van der Waals surface area contributed by atoms with Gasteiger partial charge in [0.05, 0.1) is 0 Å². The molecular formula is C41H45N5O5. The van der Waals surface area contributed by atoms with Crippen LogP contribution in [-0.2, 0) is 32.1 Å². The summed E-state index contributed by atoms with van der Waals surface area (Å²) in [6, 6.07) is 32.1. The molecule has 0 radical (unpaired) electrons. The third kappa shape index (κ3) is 8.82. The van der Waals surface area contributed by atoms with Crippen molar-refractivity contribution < 1.29 is 23.9 Å². The van der Waals surface area contributed by atoms with Gasteiger partial charge in [0.1, 0.15) is 18.7 Å². The van der Waals surface area contributed by atoms with Crippen LogP contribution in [0.4, 0.5) is 10.5 Å².